The molecule has 0 aromatic heterocycles. The summed E-state index contributed by atoms with van der Waals surface area (Å²) >= 11 is 2.36. The molecule has 0 radical (unpaired) electrons. The Kier molecular flexibility index (Phi) is 12.7. The van der Waals surface area contributed by atoms with Crippen LogP contribution >= 0.6 is 22.6 Å². The molecule has 2 aromatic rings. The third kappa shape index (κ3) is 11.4. The van der Waals surface area contributed by atoms with E-state index in [0.717, 1.165) is 30.5 Å². The first-order valence-electron chi connectivity index (χ1n) is 11.8. The number of alkyl halides is 1. The molecule has 2 rings (SSSR count). The van der Waals surface area contributed by atoms with Crippen molar-refractivity contribution in [1.29, 1.82) is 0 Å². The second-order valence-corrected chi connectivity index (χ2v) is 16.8. The maximum Gasteiger partial charge on any atom is 0.191 e. The molecule has 2 aromatic carbocycles. The first-order chi connectivity index (χ1) is 14.9. The molecule has 0 aliphatic heterocycles. The average molecular weight is 569 g/mol. The Labute approximate surface area is 212 Å². The van der Waals surface area contributed by atoms with Crippen LogP contribution in [-0.2, 0) is 21.0 Å². The lowest BCUT2D eigenvalue weighted by Gasteiger charge is -2.36. The van der Waals surface area contributed by atoms with Crippen LogP contribution in [0.5, 0.6) is 0 Å². The van der Waals surface area contributed by atoms with Gasteiger partial charge in [0.15, 0.2) is 8.32 Å². The molecule has 1 atom stereocenters. The summed E-state index contributed by atoms with van der Waals surface area (Å²) in [6, 6.07) is 21.2. The van der Waals surface area contributed by atoms with E-state index in [0.29, 0.717) is 5.41 Å². The molecule has 0 bridgehead atoms. The summed E-state index contributed by atoms with van der Waals surface area (Å²) in [5, 5.41) is 0.269. The number of benzene rings is 2. The summed E-state index contributed by atoms with van der Waals surface area (Å²) in [4.78, 5) is 0. The highest BCUT2D eigenvalue weighted by atomic mass is 127. The Morgan fingerprint density at radius 3 is 1.78 bits per heavy atom. The van der Waals surface area contributed by atoms with Gasteiger partial charge in [0.25, 0.3) is 0 Å². The normalized spacial score (nSPS) is 13.3. The van der Waals surface area contributed by atoms with Crippen LogP contribution < -0.4 is 0 Å². The van der Waals surface area contributed by atoms with Crippen molar-refractivity contribution in [2.24, 2.45) is 0 Å². The molecule has 32 heavy (non-hydrogen) atoms. The minimum absolute atomic E-state index is 0.252. The highest BCUT2D eigenvalue weighted by molar-refractivity contribution is 14.1. The second kappa shape index (κ2) is 13.9. The van der Waals surface area contributed by atoms with Gasteiger partial charge in [0.05, 0.1) is 12.7 Å². The van der Waals surface area contributed by atoms with Crippen molar-refractivity contribution in [1.82, 2.24) is 0 Å². The number of hydrogen-bond acceptors (Lipinski definition) is 2. The van der Waals surface area contributed by atoms with Crippen molar-refractivity contribution in [2.75, 3.05) is 17.6 Å². The summed E-state index contributed by atoms with van der Waals surface area (Å²) in [5.41, 5.74) is 3.03. The van der Waals surface area contributed by atoms with E-state index in [9.17, 15) is 0 Å². The zero-order valence-corrected chi connectivity index (χ0v) is 24.7. The van der Waals surface area contributed by atoms with E-state index in [1.807, 2.05) is 0 Å². The van der Waals surface area contributed by atoms with Gasteiger partial charge >= 0.3 is 0 Å². The molecule has 180 valence electrons. The van der Waals surface area contributed by atoms with Crippen LogP contribution in [0.4, 0.5) is 0 Å². The van der Waals surface area contributed by atoms with Gasteiger partial charge in [-0.05, 0) is 47.5 Å². The molecule has 0 N–H and O–H groups in total. The highest BCUT2D eigenvalue weighted by Gasteiger charge is 2.37. The van der Waals surface area contributed by atoms with E-state index in [4.69, 9.17) is 9.16 Å². The molecule has 0 fully saturated rings. The van der Waals surface area contributed by atoms with Crippen molar-refractivity contribution >= 4 is 30.9 Å². The zero-order chi connectivity index (χ0) is 24.3. The van der Waals surface area contributed by atoms with Gasteiger partial charge in [-0.3, -0.25) is 0 Å². The van der Waals surface area contributed by atoms with Gasteiger partial charge in [-0.15, -0.1) is 0 Å². The summed E-state index contributed by atoms with van der Waals surface area (Å²) in [7, 11) is -1.65. The van der Waals surface area contributed by atoms with Crippen molar-refractivity contribution in [3.8, 4) is 0 Å². The molecule has 0 spiro atoms. The lowest BCUT2D eigenvalue weighted by atomic mass is 9.87. The zero-order valence-electron chi connectivity index (χ0n) is 21.6. The van der Waals surface area contributed by atoms with Gasteiger partial charge in [0.2, 0.25) is 0 Å². The average Bonchev–Trinajstić information content (AvgIpc) is 2.72. The van der Waals surface area contributed by atoms with Gasteiger partial charge in [0.1, 0.15) is 0 Å². The van der Waals surface area contributed by atoms with Crippen molar-refractivity contribution < 1.29 is 9.16 Å². The van der Waals surface area contributed by atoms with Crippen LogP contribution in [0.3, 0.4) is 0 Å². The summed E-state index contributed by atoms with van der Waals surface area (Å²) in [5.74, 6) is 0. The number of rotatable bonds is 9. The lowest BCUT2D eigenvalue weighted by molar-refractivity contribution is 0.0483. The predicted octanol–water partition coefficient (Wildman–Crippen LogP) is 8.45. The monoisotopic (exact) mass is 568 g/mol. The van der Waals surface area contributed by atoms with Crippen LogP contribution in [0.25, 0.3) is 0 Å². The van der Waals surface area contributed by atoms with Crippen LogP contribution in [0.2, 0.25) is 18.1 Å². The maximum absolute atomic E-state index is 6.30. The lowest BCUT2D eigenvalue weighted by Crippen LogP contribution is -2.41. The van der Waals surface area contributed by atoms with Gasteiger partial charge in [-0.25, -0.2) is 0 Å². The first kappa shape index (κ1) is 29.3. The summed E-state index contributed by atoms with van der Waals surface area (Å²) < 4.78 is 13.4. The standard InChI is InChI=1S/C18H31IO2Si.C10H14/c1-18(2,3)22(4,5)21-13-11-17(20-14-12-19)15-16-9-7-6-8-10-16;1-10(2,3)9-7-5-4-6-8-9/h6-10,17H,11-15H2,1-5H3;4-8H,1-3H3. The molecule has 0 aliphatic carbocycles. The van der Waals surface area contributed by atoms with Crippen molar-refractivity contribution in [3.05, 3.63) is 71.8 Å². The molecular formula is C28H45IO2Si. The molecular weight excluding hydrogens is 523 g/mol. The number of ether oxygens (including phenoxy) is 1. The van der Waals surface area contributed by atoms with Crippen LogP contribution in [-0.4, -0.2) is 32.1 Å². The molecule has 0 saturated carbocycles. The van der Waals surface area contributed by atoms with Gasteiger partial charge in [0, 0.05) is 11.0 Å². The fourth-order valence-electron chi connectivity index (χ4n) is 2.93. The predicted molar refractivity (Wildman–Crippen MR) is 152 cm³/mol. The largest absolute Gasteiger partial charge is 0.417 e. The van der Waals surface area contributed by atoms with E-state index in [1.54, 1.807) is 0 Å². The van der Waals surface area contributed by atoms with E-state index in [-0.39, 0.29) is 11.1 Å². The van der Waals surface area contributed by atoms with E-state index >= 15 is 0 Å². The van der Waals surface area contributed by atoms with E-state index in [1.165, 1.54) is 11.1 Å². The molecule has 4 heteroatoms. The smallest absolute Gasteiger partial charge is 0.191 e. The maximum atomic E-state index is 6.30. The Balaban J connectivity index is 0.000000425. The second-order valence-electron chi connectivity index (χ2n) is 10.9. The minimum atomic E-state index is -1.65. The van der Waals surface area contributed by atoms with Gasteiger partial charge in [-0.2, -0.15) is 0 Å². The van der Waals surface area contributed by atoms with Gasteiger partial charge < -0.3 is 9.16 Å². The third-order valence-corrected chi connectivity index (χ3v) is 11.1. The quantitative estimate of drug-likeness (QED) is 0.172. The van der Waals surface area contributed by atoms with Gasteiger partial charge in [-0.1, -0.05) is 125 Å². The molecule has 1 unspecified atom stereocenters. The summed E-state index contributed by atoms with van der Waals surface area (Å²) in [6.07, 6.45) is 2.19. The Bertz CT molecular complexity index is 734. The molecule has 2 nitrogen and oxygen atoms in total. The Hall–Kier alpha value is -0.693. The molecule has 0 heterocycles. The minimum Gasteiger partial charge on any atom is -0.417 e. The topological polar surface area (TPSA) is 18.5 Å². The first-order valence-corrected chi connectivity index (χ1v) is 16.2. The number of hydrogen-bond donors (Lipinski definition) is 0. The fraction of sp³-hybridized carbons (Fsp3) is 0.571. The van der Waals surface area contributed by atoms with Crippen LogP contribution in [0.15, 0.2) is 60.7 Å². The van der Waals surface area contributed by atoms with E-state index in [2.05, 4.69) is 138 Å². The Morgan fingerprint density at radius 1 is 0.812 bits per heavy atom. The number of halogens is 1. The van der Waals surface area contributed by atoms with Crippen molar-refractivity contribution in [2.45, 2.75) is 84.0 Å². The van der Waals surface area contributed by atoms with Crippen LogP contribution in [0.1, 0.15) is 59.1 Å². The Morgan fingerprint density at radius 2 is 1.34 bits per heavy atom. The molecule has 0 saturated heterocycles. The van der Waals surface area contributed by atoms with Crippen LogP contribution in [0, 0.1) is 0 Å². The van der Waals surface area contributed by atoms with Crippen molar-refractivity contribution in [3.63, 3.8) is 0 Å². The van der Waals surface area contributed by atoms with E-state index < -0.39 is 8.32 Å². The molecule has 0 amide bonds. The highest BCUT2D eigenvalue weighted by Crippen LogP contribution is 2.36. The molecule has 0 aliphatic rings. The summed E-state index contributed by atoms with van der Waals surface area (Å²) in [6.45, 7) is 19.8. The SMILES string of the molecule is CC(C)(C)[Si](C)(C)OCCC(Cc1ccccc1)OCCI.CC(C)(C)c1ccccc1. The third-order valence-electron chi connectivity index (χ3n) is 6.09. The fourth-order valence-corrected chi connectivity index (χ4v) is 4.25.